The van der Waals surface area contributed by atoms with E-state index in [2.05, 4.69) is 24.1 Å². The zero-order valence-corrected chi connectivity index (χ0v) is 30.4. The van der Waals surface area contributed by atoms with Crippen LogP contribution in [0.3, 0.4) is 0 Å². The van der Waals surface area contributed by atoms with E-state index in [1.807, 2.05) is 24.4 Å². The summed E-state index contributed by atoms with van der Waals surface area (Å²) in [5, 5.41) is 6.59. The summed E-state index contributed by atoms with van der Waals surface area (Å²) >= 11 is 1.55. The van der Waals surface area contributed by atoms with Crippen LogP contribution in [0.4, 0.5) is 4.79 Å². The first-order chi connectivity index (χ1) is 24.0. The molecule has 3 aromatic rings. The molecule has 6 rings (SSSR count). The molecule has 12 nitrogen and oxygen atoms in total. The minimum absolute atomic E-state index is 0.0700. The molecule has 3 atom stereocenters. The number of alkyl carbamates (subject to hydrolysis) is 1. The van der Waals surface area contributed by atoms with Crippen molar-refractivity contribution in [2.45, 2.75) is 103 Å². The summed E-state index contributed by atoms with van der Waals surface area (Å²) in [5.74, 6) is 0.648. The fourth-order valence-electron chi connectivity index (χ4n) is 7.38. The van der Waals surface area contributed by atoms with Crippen LogP contribution in [0, 0.1) is 18.3 Å². The molecule has 0 unspecified atom stereocenters. The van der Waals surface area contributed by atoms with Crippen molar-refractivity contribution in [3.05, 3.63) is 39.8 Å². The Hall–Kier alpha value is -4.13. The highest BCUT2D eigenvalue weighted by Crippen LogP contribution is 2.38. The highest BCUT2D eigenvalue weighted by atomic mass is 32.1. The minimum Gasteiger partial charge on any atom is -0.496 e. The van der Waals surface area contributed by atoms with Gasteiger partial charge in [0.2, 0.25) is 11.8 Å². The van der Waals surface area contributed by atoms with Gasteiger partial charge >= 0.3 is 12.1 Å². The average molecular weight is 709 g/mol. The van der Waals surface area contributed by atoms with Gasteiger partial charge in [-0.3, -0.25) is 4.79 Å². The van der Waals surface area contributed by atoms with E-state index in [4.69, 9.17) is 28.7 Å². The predicted octanol–water partition coefficient (Wildman–Crippen LogP) is 6.15. The lowest BCUT2D eigenvalue weighted by Gasteiger charge is -2.34. The molecule has 1 N–H and O–H groups in total. The lowest BCUT2D eigenvalue weighted by atomic mass is 9.83. The normalized spacial score (nSPS) is 23.4. The van der Waals surface area contributed by atoms with Crippen molar-refractivity contribution >= 4 is 40.2 Å². The smallest absolute Gasteiger partial charge is 0.407 e. The third-order valence-corrected chi connectivity index (χ3v) is 10.9. The zero-order chi connectivity index (χ0) is 35.4. The SMILES string of the molecule is COC(=O)[C@@H]1C[C@@H]2CN1C(=O)[C@H](C1CCCCC1)NC(=O)OCC(C)(C)CCCc1cc3c(cc(OCc4csc(C)n4)nc3cc1OC)O2. The van der Waals surface area contributed by atoms with Crippen molar-refractivity contribution in [1.29, 1.82) is 0 Å². The second kappa shape index (κ2) is 15.4. The molecule has 4 heterocycles. The van der Waals surface area contributed by atoms with E-state index in [0.29, 0.717) is 22.9 Å². The van der Waals surface area contributed by atoms with Crippen LogP contribution >= 0.6 is 11.3 Å². The predicted molar refractivity (Wildman–Crippen MR) is 188 cm³/mol. The summed E-state index contributed by atoms with van der Waals surface area (Å²) in [4.78, 5) is 51.7. The van der Waals surface area contributed by atoms with Gasteiger partial charge in [0.05, 0.1) is 43.6 Å². The number of fused-ring (bicyclic) bond motifs is 3. The topological polar surface area (TPSA) is 138 Å². The van der Waals surface area contributed by atoms with Gasteiger partial charge in [-0.05, 0) is 62.0 Å². The van der Waals surface area contributed by atoms with E-state index in [1.165, 1.54) is 12.0 Å². The second-order valence-corrected chi connectivity index (χ2v) is 15.5. The van der Waals surface area contributed by atoms with Crippen LogP contribution < -0.4 is 19.5 Å². The largest absolute Gasteiger partial charge is 0.496 e. The zero-order valence-electron chi connectivity index (χ0n) is 29.6. The molecule has 2 aliphatic heterocycles. The molecule has 1 aromatic carbocycles. The summed E-state index contributed by atoms with van der Waals surface area (Å²) < 4.78 is 29.6. The van der Waals surface area contributed by atoms with E-state index >= 15 is 0 Å². The summed E-state index contributed by atoms with van der Waals surface area (Å²) in [7, 11) is 2.95. The van der Waals surface area contributed by atoms with Crippen LogP contribution in [-0.4, -0.2) is 78.4 Å². The van der Waals surface area contributed by atoms with Crippen molar-refractivity contribution in [2.24, 2.45) is 11.3 Å². The molecule has 1 saturated carbocycles. The number of carbonyl (C=O) groups excluding carboxylic acids is 3. The van der Waals surface area contributed by atoms with E-state index < -0.39 is 30.3 Å². The lowest BCUT2D eigenvalue weighted by molar-refractivity contribution is -0.152. The molecular weight excluding hydrogens is 660 g/mol. The monoisotopic (exact) mass is 708 g/mol. The number of rotatable bonds is 6. The van der Waals surface area contributed by atoms with Crippen LogP contribution in [0.2, 0.25) is 0 Å². The molecule has 0 spiro atoms. The molecule has 4 bridgehead atoms. The van der Waals surface area contributed by atoms with E-state index in [0.717, 1.165) is 73.0 Å². The molecule has 0 radical (unpaired) electrons. The van der Waals surface area contributed by atoms with Crippen molar-refractivity contribution < 1.29 is 38.1 Å². The first kappa shape index (κ1) is 35.7. The Bertz CT molecular complexity index is 1700. The summed E-state index contributed by atoms with van der Waals surface area (Å²) in [5.41, 5.74) is 2.11. The van der Waals surface area contributed by atoms with Gasteiger partial charge in [-0.2, -0.15) is 0 Å². The number of ether oxygens (including phenoxy) is 5. The summed E-state index contributed by atoms with van der Waals surface area (Å²) in [6, 6.07) is 3.99. The highest BCUT2D eigenvalue weighted by molar-refractivity contribution is 7.09. The molecular formula is C37H48N4O8S. The van der Waals surface area contributed by atoms with Crippen molar-refractivity contribution in [2.75, 3.05) is 27.4 Å². The van der Waals surface area contributed by atoms with Crippen molar-refractivity contribution in [3.63, 3.8) is 0 Å². The van der Waals surface area contributed by atoms with Gasteiger partial charge in [0.15, 0.2) is 0 Å². The third-order valence-electron chi connectivity index (χ3n) is 10.1. The molecule has 2 aromatic heterocycles. The van der Waals surface area contributed by atoms with Gasteiger partial charge in [0.25, 0.3) is 0 Å². The molecule has 2 amide bonds. The fourth-order valence-corrected chi connectivity index (χ4v) is 7.97. The molecule has 270 valence electrons. The Morgan fingerprint density at radius 1 is 1.10 bits per heavy atom. The van der Waals surface area contributed by atoms with Gasteiger partial charge in [0, 0.05) is 29.3 Å². The second-order valence-electron chi connectivity index (χ2n) is 14.4. The minimum atomic E-state index is -0.880. The number of nitrogens with zero attached hydrogens (tertiary/aromatic N) is 3. The molecule has 3 aliphatic rings. The molecule has 1 aliphatic carbocycles. The lowest BCUT2D eigenvalue weighted by Crippen LogP contribution is -2.55. The number of aromatic nitrogens is 2. The Morgan fingerprint density at radius 2 is 1.90 bits per heavy atom. The number of esters is 1. The number of thiazole rings is 1. The maximum Gasteiger partial charge on any atom is 0.407 e. The van der Waals surface area contributed by atoms with E-state index in [9.17, 15) is 14.4 Å². The first-order valence-corrected chi connectivity index (χ1v) is 18.5. The number of aryl methyl sites for hydroxylation is 2. The molecule has 2 fully saturated rings. The average Bonchev–Trinajstić information content (AvgIpc) is 3.73. The Labute approximate surface area is 297 Å². The van der Waals surface area contributed by atoms with Gasteiger partial charge < -0.3 is 33.9 Å². The Kier molecular flexibility index (Phi) is 11.0. The number of hydrogen-bond acceptors (Lipinski definition) is 11. The Balaban J connectivity index is 1.39. The van der Waals surface area contributed by atoms with Gasteiger partial charge in [-0.25, -0.2) is 19.6 Å². The fraction of sp³-hybridized carbons (Fsp3) is 0.595. The molecule has 13 heteroatoms. The number of hydrogen-bond donors (Lipinski definition) is 1. The van der Waals surface area contributed by atoms with Crippen LogP contribution in [0.5, 0.6) is 17.4 Å². The van der Waals surface area contributed by atoms with E-state index in [-0.39, 0.29) is 43.4 Å². The number of benzene rings is 1. The van der Waals surface area contributed by atoms with Gasteiger partial charge in [0.1, 0.15) is 36.3 Å². The van der Waals surface area contributed by atoms with Crippen LogP contribution in [0.25, 0.3) is 10.9 Å². The van der Waals surface area contributed by atoms with Gasteiger partial charge in [-0.15, -0.1) is 11.3 Å². The van der Waals surface area contributed by atoms with Crippen molar-refractivity contribution in [3.8, 4) is 17.4 Å². The summed E-state index contributed by atoms with van der Waals surface area (Å²) in [6.07, 6.45) is 6.00. The highest BCUT2D eigenvalue weighted by Gasteiger charge is 2.46. The number of amides is 2. The maximum atomic E-state index is 14.4. The Morgan fingerprint density at radius 3 is 2.62 bits per heavy atom. The summed E-state index contributed by atoms with van der Waals surface area (Å²) in [6.45, 7) is 6.64. The number of pyridine rings is 1. The van der Waals surface area contributed by atoms with E-state index in [1.54, 1.807) is 24.5 Å². The number of nitrogens with one attached hydrogen (secondary N) is 1. The molecule has 1 saturated heterocycles. The third kappa shape index (κ3) is 8.25. The van der Waals surface area contributed by atoms with Crippen LogP contribution in [0.15, 0.2) is 23.6 Å². The first-order valence-electron chi connectivity index (χ1n) is 17.6. The van der Waals surface area contributed by atoms with Crippen LogP contribution in [0.1, 0.15) is 81.5 Å². The number of methoxy groups -OCH3 is 2. The number of cyclic esters (lactones) is 1. The quantitative estimate of drug-likeness (QED) is 0.297. The van der Waals surface area contributed by atoms with Gasteiger partial charge in [-0.1, -0.05) is 33.1 Å². The standard InChI is InChI=1S/C37H48N4O8S/c1-22-38-25(20-50-22)19-47-32-17-31-27-14-24(30(45-4)16-28(27)39-32)12-9-13-37(2,3)21-48-36(44)40-33(23-10-7-6-8-11-23)34(42)41-18-26(49-31)15-29(41)35(43)46-5/h14,16-17,20,23,26,29,33H,6-13,15,18-19,21H2,1-5H3,(H,40,44)/t26-,29+,33+/m1/s1. The number of carbonyl (C=O) groups is 3. The van der Waals surface area contributed by atoms with Crippen molar-refractivity contribution in [1.82, 2.24) is 20.2 Å². The molecule has 50 heavy (non-hydrogen) atoms. The maximum absolute atomic E-state index is 14.4. The van der Waals surface area contributed by atoms with Crippen LogP contribution in [-0.2, 0) is 32.1 Å².